The van der Waals surface area contributed by atoms with Gasteiger partial charge >= 0.3 is 0 Å². The van der Waals surface area contributed by atoms with Crippen molar-refractivity contribution in [1.29, 1.82) is 0 Å². The normalized spacial score (nSPS) is 17.1. The first-order valence-corrected chi connectivity index (χ1v) is 7.29. The van der Waals surface area contributed by atoms with E-state index in [0.29, 0.717) is 6.04 Å². The van der Waals surface area contributed by atoms with Gasteiger partial charge in [-0.1, -0.05) is 25.8 Å². The average Bonchev–Trinajstić information content (AvgIpc) is 2.45. The second-order valence-electron chi connectivity index (χ2n) is 5.11. The lowest BCUT2D eigenvalue weighted by Gasteiger charge is -2.33. The molecule has 0 atom stereocenters. The molecule has 18 heavy (non-hydrogen) atoms. The molecule has 2 rings (SSSR count). The zero-order valence-electron chi connectivity index (χ0n) is 11.4. The van der Waals surface area contributed by atoms with Crippen LogP contribution in [-0.4, -0.2) is 30.7 Å². The number of anilines is 1. The van der Waals surface area contributed by atoms with Gasteiger partial charge in [-0.3, -0.25) is 0 Å². The summed E-state index contributed by atoms with van der Waals surface area (Å²) >= 11 is 0. The van der Waals surface area contributed by atoms with Crippen molar-refractivity contribution in [2.24, 2.45) is 0 Å². The van der Waals surface area contributed by atoms with Gasteiger partial charge in [0, 0.05) is 25.3 Å². The maximum atomic E-state index is 4.42. The van der Waals surface area contributed by atoms with Crippen LogP contribution in [0.5, 0.6) is 0 Å². The van der Waals surface area contributed by atoms with Crippen LogP contribution in [0.4, 0.5) is 5.82 Å². The predicted molar refractivity (Wildman–Crippen MR) is 77.0 cm³/mol. The standard InChI is InChI=1S/C15H25N3/c1-2-3-5-10-16-14-8-12-18(13-9-14)15-7-4-6-11-17-15/h4,6-7,11,14,16H,2-3,5,8-10,12-13H2,1H3. The maximum Gasteiger partial charge on any atom is 0.128 e. The summed E-state index contributed by atoms with van der Waals surface area (Å²) in [4.78, 5) is 6.81. The molecule has 3 nitrogen and oxygen atoms in total. The molecule has 1 saturated heterocycles. The quantitative estimate of drug-likeness (QED) is 0.784. The summed E-state index contributed by atoms with van der Waals surface area (Å²) in [6.45, 7) is 5.69. The van der Waals surface area contributed by atoms with Crippen molar-refractivity contribution >= 4 is 5.82 Å². The molecule has 2 heterocycles. The SMILES string of the molecule is CCCCCNC1CCN(c2ccccn2)CC1. The molecule has 1 fully saturated rings. The first-order valence-electron chi connectivity index (χ1n) is 7.29. The van der Waals surface area contributed by atoms with Gasteiger partial charge in [0.25, 0.3) is 0 Å². The molecular weight excluding hydrogens is 222 g/mol. The van der Waals surface area contributed by atoms with Crippen LogP contribution >= 0.6 is 0 Å². The van der Waals surface area contributed by atoms with Crippen molar-refractivity contribution in [3.63, 3.8) is 0 Å². The highest BCUT2D eigenvalue weighted by molar-refractivity contribution is 5.38. The highest BCUT2D eigenvalue weighted by atomic mass is 15.2. The number of hydrogen-bond donors (Lipinski definition) is 1. The fourth-order valence-corrected chi connectivity index (χ4v) is 2.53. The van der Waals surface area contributed by atoms with Crippen molar-refractivity contribution in [2.75, 3.05) is 24.5 Å². The predicted octanol–water partition coefficient (Wildman–Crippen LogP) is 2.83. The Labute approximate surface area is 111 Å². The Morgan fingerprint density at radius 2 is 2.11 bits per heavy atom. The van der Waals surface area contributed by atoms with Crippen LogP contribution in [0, 0.1) is 0 Å². The van der Waals surface area contributed by atoms with Gasteiger partial charge in [-0.25, -0.2) is 4.98 Å². The van der Waals surface area contributed by atoms with Gasteiger partial charge in [-0.2, -0.15) is 0 Å². The van der Waals surface area contributed by atoms with E-state index in [2.05, 4.69) is 34.3 Å². The fraction of sp³-hybridized carbons (Fsp3) is 0.667. The lowest BCUT2D eigenvalue weighted by Crippen LogP contribution is -2.43. The summed E-state index contributed by atoms with van der Waals surface area (Å²) < 4.78 is 0. The molecule has 1 aromatic heterocycles. The van der Waals surface area contributed by atoms with Crippen molar-refractivity contribution < 1.29 is 0 Å². The molecule has 0 saturated carbocycles. The van der Waals surface area contributed by atoms with E-state index in [0.717, 1.165) is 18.9 Å². The largest absolute Gasteiger partial charge is 0.357 e. The smallest absolute Gasteiger partial charge is 0.128 e. The Bertz CT molecular complexity index is 318. The molecule has 0 bridgehead atoms. The highest BCUT2D eigenvalue weighted by Gasteiger charge is 2.18. The van der Waals surface area contributed by atoms with E-state index < -0.39 is 0 Å². The van der Waals surface area contributed by atoms with Gasteiger partial charge in [0.2, 0.25) is 0 Å². The van der Waals surface area contributed by atoms with Gasteiger partial charge in [0.15, 0.2) is 0 Å². The lowest BCUT2D eigenvalue weighted by atomic mass is 10.0. The summed E-state index contributed by atoms with van der Waals surface area (Å²) in [6.07, 6.45) is 8.33. The Balaban J connectivity index is 1.68. The van der Waals surface area contributed by atoms with E-state index >= 15 is 0 Å². The maximum absolute atomic E-state index is 4.42. The second kappa shape index (κ2) is 7.37. The van der Waals surface area contributed by atoms with Crippen LogP contribution in [0.3, 0.4) is 0 Å². The Hall–Kier alpha value is -1.09. The number of hydrogen-bond acceptors (Lipinski definition) is 3. The molecule has 0 aromatic carbocycles. The molecule has 1 aliphatic heterocycles. The third-order valence-corrected chi connectivity index (χ3v) is 3.68. The summed E-state index contributed by atoms with van der Waals surface area (Å²) in [5, 5.41) is 3.68. The van der Waals surface area contributed by atoms with Crippen molar-refractivity contribution in [3.8, 4) is 0 Å². The molecule has 0 unspecified atom stereocenters. The monoisotopic (exact) mass is 247 g/mol. The van der Waals surface area contributed by atoms with Crippen molar-refractivity contribution in [1.82, 2.24) is 10.3 Å². The minimum Gasteiger partial charge on any atom is -0.357 e. The molecule has 0 amide bonds. The lowest BCUT2D eigenvalue weighted by molar-refractivity contribution is 0.409. The molecule has 100 valence electrons. The van der Waals surface area contributed by atoms with E-state index in [1.54, 1.807) is 0 Å². The molecule has 0 spiro atoms. The second-order valence-corrected chi connectivity index (χ2v) is 5.11. The summed E-state index contributed by atoms with van der Waals surface area (Å²) in [6, 6.07) is 6.86. The summed E-state index contributed by atoms with van der Waals surface area (Å²) in [7, 11) is 0. The number of nitrogens with zero attached hydrogens (tertiary/aromatic N) is 2. The van der Waals surface area contributed by atoms with Crippen molar-refractivity contribution in [2.45, 2.75) is 45.1 Å². The minimum absolute atomic E-state index is 0.710. The van der Waals surface area contributed by atoms with Gasteiger partial charge in [0.05, 0.1) is 0 Å². The van der Waals surface area contributed by atoms with Gasteiger partial charge in [-0.05, 0) is 37.9 Å². The van der Waals surface area contributed by atoms with E-state index in [-0.39, 0.29) is 0 Å². The number of rotatable bonds is 6. The molecule has 1 N–H and O–H groups in total. The fourth-order valence-electron chi connectivity index (χ4n) is 2.53. The highest BCUT2D eigenvalue weighted by Crippen LogP contribution is 2.17. The summed E-state index contributed by atoms with van der Waals surface area (Å²) in [5.41, 5.74) is 0. The Morgan fingerprint density at radius 3 is 2.78 bits per heavy atom. The van der Waals surface area contributed by atoms with E-state index in [1.165, 1.54) is 38.6 Å². The van der Waals surface area contributed by atoms with Crippen LogP contribution in [0.25, 0.3) is 0 Å². The van der Waals surface area contributed by atoms with Crippen LogP contribution < -0.4 is 10.2 Å². The molecule has 1 aromatic rings. The molecule has 0 radical (unpaired) electrons. The summed E-state index contributed by atoms with van der Waals surface area (Å²) in [5.74, 6) is 1.13. The van der Waals surface area contributed by atoms with E-state index in [4.69, 9.17) is 0 Å². The van der Waals surface area contributed by atoms with Gasteiger partial charge in [-0.15, -0.1) is 0 Å². The van der Waals surface area contributed by atoms with Crippen LogP contribution in [-0.2, 0) is 0 Å². The zero-order chi connectivity index (χ0) is 12.6. The Morgan fingerprint density at radius 1 is 1.28 bits per heavy atom. The first kappa shape index (κ1) is 13.3. The number of unbranched alkanes of at least 4 members (excludes halogenated alkanes) is 2. The third-order valence-electron chi connectivity index (χ3n) is 3.68. The topological polar surface area (TPSA) is 28.2 Å². The average molecular weight is 247 g/mol. The molecule has 0 aliphatic carbocycles. The number of piperidine rings is 1. The van der Waals surface area contributed by atoms with E-state index in [9.17, 15) is 0 Å². The van der Waals surface area contributed by atoms with Crippen LogP contribution in [0.1, 0.15) is 39.0 Å². The van der Waals surface area contributed by atoms with Crippen LogP contribution in [0.2, 0.25) is 0 Å². The zero-order valence-corrected chi connectivity index (χ0v) is 11.4. The number of aromatic nitrogens is 1. The molecule has 1 aliphatic rings. The minimum atomic E-state index is 0.710. The number of pyridine rings is 1. The van der Waals surface area contributed by atoms with E-state index in [1.807, 2.05) is 12.3 Å². The first-order chi connectivity index (χ1) is 8.90. The van der Waals surface area contributed by atoms with Crippen molar-refractivity contribution in [3.05, 3.63) is 24.4 Å². The van der Waals surface area contributed by atoms with Crippen LogP contribution in [0.15, 0.2) is 24.4 Å². The molecule has 3 heteroatoms. The number of nitrogens with one attached hydrogen (secondary N) is 1. The Kier molecular flexibility index (Phi) is 5.46. The third kappa shape index (κ3) is 3.98. The van der Waals surface area contributed by atoms with Gasteiger partial charge < -0.3 is 10.2 Å². The molecular formula is C15H25N3. The van der Waals surface area contributed by atoms with Gasteiger partial charge in [0.1, 0.15) is 5.82 Å².